The molecule has 5 nitrogen and oxygen atoms in total. The first-order valence-electron chi connectivity index (χ1n) is 6.63. The minimum Gasteiger partial charge on any atom is -0.357 e. The van der Waals surface area contributed by atoms with Crippen LogP contribution < -0.4 is 5.32 Å². The summed E-state index contributed by atoms with van der Waals surface area (Å²) in [4.78, 5) is 6.78. The molecule has 0 aliphatic carbocycles. The Morgan fingerprint density at radius 1 is 1.55 bits per heavy atom. The third-order valence-electron chi connectivity index (χ3n) is 2.64. The summed E-state index contributed by atoms with van der Waals surface area (Å²) in [7, 11) is 3.99. The van der Waals surface area contributed by atoms with E-state index in [1.54, 1.807) is 0 Å². The van der Waals surface area contributed by atoms with Gasteiger partial charge in [0.2, 0.25) is 0 Å². The highest BCUT2D eigenvalue weighted by Crippen LogP contribution is 2.02. The Balaban J connectivity index is 0.00000361. The van der Waals surface area contributed by atoms with E-state index in [-0.39, 0.29) is 24.0 Å². The summed E-state index contributed by atoms with van der Waals surface area (Å²) in [6.45, 7) is 4.68. The maximum Gasteiger partial charge on any atom is 0.193 e. The second kappa shape index (κ2) is 11.2. The fraction of sp³-hybridized carbons (Fsp3) is 0.692. The molecule has 0 saturated heterocycles. The van der Waals surface area contributed by atoms with Crippen molar-refractivity contribution in [1.82, 2.24) is 20.0 Å². The molecule has 0 aliphatic rings. The summed E-state index contributed by atoms with van der Waals surface area (Å²) in [5, 5.41) is 7.52. The number of aromatic nitrogens is 2. The molecular formula is C13H26IN5S. The van der Waals surface area contributed by atoms with Crippen LogP contribution in [0.2, 0.25) is 0 Å². The molecule has 1 N–H and O–H groups in total. The molecule has 20 heavy (non-hydrogen) atoms. The number of guanidine groups is 1. The highest BCUT2D eigenvalue weighted by molar-refractivity contribution is 14.0. The average molecular weight is 411 g/mol. The van der Waals surface area contributed by atoms with Gasteiger partial charge in [0.1, 0.15) is 0 Å². The monoisotopic (exact) mass is 411 g/mol. The van der Waals surface area contributed by atoms with Crippen molar-refractivity contribution in [3.8, 4) is 0 Å². The Labute approximate surface area is 143 Å². The van der Waals surface area contributed by atoms with Gasteiger partial charge in [-0.2, -0.15) is 16.9 Å². The normalized spacial score (nSPS) is 11.1. The number of hydrogen-bond donors (Lipinski definition) is 1. The highest BCUT2D eigenvalue weighted by Gasteiger charge is 2.07. The van der Waals surface area contributed by atoms with Gasteiger partial charge in [-0.3, -0.25) is 9.67 Å². The van der Waals surface area contributed by atoms with Crippen molar-refractivity contribution in [3.05, 3.63) is 18.0 Å². The second-order valence-electron chi connectivity index (χ2n) is 4.46. The summed E-state index contributed by atoms with van der Waals surface area (Å²) < 4.78 is 1.83. The fourth-order valence-electron chi connectivity index (χ4n) is 1.77. The van der Waals surface area contributed by atoms with Gasteiger partial charge in [-0.25, -0.2) is 0 Å². The molecule has 0 aliphatic heterocycles. The van der Waals surface area contributed by atoms with Crippen molar-refractivity contribution in [3.63, 3.8) is 0 Å². The van der Waals surface area contributed by atoms with Crippen molar-refractivity contribution in [1.29, 1.82) is 0 Å². The van der Waals surface area contributed by atoms with E-state index in [9.17, 15) is 0 Å². The summed E-state index contributed by atoms with van der Waals surface area (Å²) in [6.07, 6.45) is 7.18. The number of thioether (sulfide) groups is 1. The van der Waals surface area contributed by atoms with E-state index in [2.05, 4.69) is 40.5 Å². The van der Waals surface area contributed by atoms with E-state index in [1.165, 1.54) is 5.56 Å². The first kappa shape index (κ1) is 19.6. The molecule has 1 heterocycles. The quantitative estimate of drug-likeness (QED) is 0.324. The van der Waals surface area contributed by atoms with Crippen molar-refractivity contribution in [2.75, 3.05) is 32.1 Å². The van der Waals surface area contributed by atoms with Crippen molar-refractivity contribution < 1.29 is 0 Å². The minimum absolute atomic E-state index is 0. The van der Waals surface area contributed by atoms with E-state index >= 15 is 0 Å². The second-order valence-corrected chi connectivity index (χ2v) is 5.45. The summed E-state index contributed by atoms with van der Waals surface area (Å²) in [6, 6.07) is 0. The Morgan fingerprint density at radius 2 is 2.30 bits per heavy atom. The number of rotatable bonds is 7. The first-order chi connectivity index (χ1) is 9.17. The number of nitrogens with zero attached hydrogens (tertiary/aromatic N) is 4. The predicted octanol–water partition coefficient (Wildman–Crippen LogP) is 2.19. The largest absolute Gasteiger partial charge is 0.357 e. The van der Waals surface area contributed by atoms with Crippen LogP contribution in [-0.2, 0) is 13.6 Å². The molecule has 0 saturated carbocycles. The van der Waals surface area contributed by atoms with Crippen LogP contribution in [0.15, 0.2) is 17.4 Å². The van der Waals surface area contributed by atoms with Gasteiger partial charge in [0.05, 0.1) is 6.20 Å². The topological polar surface area (TPSA) is 45.5 Å². The number of aryl methyl sites for hydroxylation is 1. The van der Waals surface area contributed by atoms with Gasteiger partial charge in [-0.05, 0) is 25.4 Å². The Kier molecular flexibility index (Phi) is 11.0. The van der Waals surface area contributed by atoms with E-state index in [0.29, 0.717) is 0 Å². The van der Waals surface area contributed by atoms with Crippen LogP contribution in [0.4, 0.5) is 0 Å². The molecule has 116 valence electrons. The van der Waals surface area contributed by atoms with E-state index < -0.39 is 0 Å². The molecule has 0 aromatic carbocycles. The Hall–Kier alpha value is -0.440. The average Bonchev–Trinajstić information content (AvgIpc) is 2.78. The van der Waals surface area contributed by atoms with Gasteiger partial charge >= 0.3 is 0 Å². The van der Waals surface area contributed by atoms with E-state index in [4.69, 9.17) is 0 Å². The van der Waals surface area contributed by atoms with Crippen LogP contribution in [0.3, 0.4) is 0 Å². The number of nitrogens with one attached hydrogen (secondary N) is 1. The maximum atomic E-state index is 4.64. The zero-order chi connectivity index (χ0) is 14.1. The van der Waals surface area contributed by atoms with Crippen LogP contribution in [0.25, 0.3) is 0 Å². The van der Waals surface area contributed by atoms with Crippen LogP contribution in [0, 0.1) is 0 Å². The lowest BCUT2D eigenvalue weighted by molar-refractivity contribution is 0.476. The lowest BCUT2D eigenvalue weighted by Crippen LogP contribution is -2.38. The Bertz CT molecular complexity index is 394. The van der Waals surface area contributed by atoms with Gasteiger partial charge < -0.3 is 10.2 Å². The highest BCUT2D eigenvalue weighted by atomic mass is 127. The third kappa shape index (κ3) is 7.37. The van der Waals surface area contributed by atoms with Crippen LogP contribution in [0.5, 0.6) is 0 Å². The number of hydrogen-bond acceptors (Lipinski definition) is 3. The molecule has 0 amide bonds. The lowest BCUT2D eigenvalue weighted by Gasteiger charge is -2.21. The molecule has 0 fully saturated rings. The van der Waals surface area contributed by atoms with Crippen LogP contribution in [-0.4, -0.2) is 52.8 Å². The van der Waals surface area contributed by atoms with Gasteiger partial charge in [-0.15, -0.1) is 24.0 Å². The molecule has 0 bridgehead atoms. The molecule has 1 aromatic rings. The molecule has 0 atom stereocenters. The molecule has 7 heteroatoms. The third-order valence-corrected chi connectivity index (χ3v) is 3.34. The summed E-state index contributed by atoms with van der Waals surface area (Å²) in [5.74, 6) is 2.13. The van der Waals surface area contributed by atoms with Crippen LogP contribution >= 0.6 is 35.7 Å². The molecule has 1 aromatic heterocycles. The van der Waals surface area contributed by atoms with Gasteiger partial charge in [-0.1, -0.05) is 0 Å². The molecule has 0 radical (unpaired) electrons. The van der Waals surface area contributed by atoms with E-state index in [0.717, 1.165) is 37.8 Å². The summed E-state index contributed by atoms with van der Waals surface area (Å²) >= 11 is 1.87. The maximum absolute atomic E-state index is 4.64. The van der Waals surface area contributed by atoms with Gasteiger partial charge in [0, 0.05) is 45.5 Å². The molecular weight excluding hydrogens is 385 g/mol. The zero-order valence-electron chi connectivity index (χ0n) is 12.8. The molecule has 0 unspecified atom stereocenters. The summed E-state index contributed by atoms with van der Waals surface area (Å²) in [5.41, 5.74) is 1.19. The Morgan fingerprint density at radius 3 is 2.85 bits per heavy atom. The number of halogens is 1. The van der Waals surface area contributed by atoms with Gasteiger partial charge in [0.15, 0.2) is 5.96 Å². The predicted molar refractivity (Wildman–Crippen MR) is 99.1 cm³/mol. The van der Waals surface area contributed by atoms with Crippen molar-refractivity contribution in [2.24, 2.45) is 12.0 Å². The van der Waals surface area contributed by atoms with Crippen molar-refractivity contribution in [2.45, 2.75) is 19.9 Å². The van der Waals surface area contributed by atoms with Crippen LogP contribution in [0.1, 0.15) is 18.9 Å². The first-order valence-corrected chi connectivity index (χ1v) is 8.02. The van der Waals surface area contributed by atoms with Crippen molar-refractivity contribution >= 4 is 41.7 Å². The smallest absolute Gasteiger partial charge is 0.193 e. The van der Waals surface area contributed by atoms with Gasteiger partial charge in [0.25, 0.3) is 0 Å². The molecule has 1 rings (SSSR count). The minimum atomic E-state index is 0. The van der Waals surface area contributed by atoms with E-state index in [1.807, 2.05) is 35.9 Å². The zero-order valence-corrected chi connectivity index (χ0v) is 15.9. The standard InChI is InChI=1S/C13H25N5S.HI/c1-5-14-13(15-7-6-8-19-4)17(2)10-12-9-16-18(3)11-12;/h9,11H,5-8,10H2,1-4H3,(H,14,15);1H. The SMILES string of the molecule is CCNC(=NCCCSC)N(C)Cc1cnn(C)c1.I. The lowest BCUT2D eigenvalue weighted by atomic mass is 10.3. The number of aliphatic imine (C=N–C) groups is 1. The molecule has 0 spiro atoms. The fourth-order valence-corrected chi connectivity index (χ4v) is 2.18.